The summed E-state index contributed by atoms with van der Waals surface area (Å²) in [6.45, 7) is 1.99. The fourth-order valence-corrected chi connectivity index (χ4v) is 3.86. The molecule has 1 aliphatic heterocycles. The molecule has 0 aliphatic carbocycles. The van der Waals surface area contributed by atoms with Gasteiger partial charge >= 0.3 is 6.09 Å². The first kappa shape index (κ1) is 15.7. The summed E-state index contributed by atoms with van der Waals surface area (Å²) in [5.74, 6) is -0.321. The molecule has 0 saturated carbocycles. The molecule has 1 aromatic heterocycles. The zero-order valence-corrected chi connectivity index (χ0v) is 14.1. The third-order valence-corrected chi connectivity index (χ3v) is 4.92. The van der Waals surface area contributed by atoms with Crippen molar-refractivity contribution in [2.75, 3.05) is 7.11 Å². The molecule has 2 aromatic carbocycles. The number of halogens is 1. The van der Waals surface area contributed by atoms with E-state index >= 15 is 0 Å². The van der Waals surface area contributed by atoms with Crippen LogP contribution in [0.4, 0.5) is 9.18 Å². The number of benzene rings is 2. The number of carbonyl (C=O) groups is 1. The van der Waals surface area contributed by atoms with Crippen LogP contribution in [0.5, 0.6) is 0 Å². The molecule has 0 bridgehead atoms. The minimum atomic E-state index is -0.411. The van der Waals surface area contributed by atoms with Crippen molar-refractivity contribution < 1.29 is 13.9 Å². The van der Waals surface area contributed by atoms with Gasteiger partial charge in [-0.05, 0) is 42.7 Å². The van der Waals surface area contributed by atoms with Crippen molar-refractivity contribution >= 4 is 17.0 Å². The largest absolute Gasteiger partial charge is 0.453 e. The first-order valence-electron chi connectivity index (χ1n) is 8.31. The highest BCUT2D eigenvalue weighted by Crippen LogP contribution is 2.41. The van der Waals surface area contributed by atoms with Crippen molar-refractivity contribution in [3.8, 4) is 0 Å². The van der Waals surface area contributed by atoms with Crippen molar-refractivity contribution in [3.63, 3.8) is 0 Å². The molecule has 0 spiro atoms. The fraction of sp³-hybridized carbons (Fsp3) is 0.250. The van der Waals surface area contributed by atoms with E-state index in [1.54, 1.807) is 11.0 Å². The molecule has 4 rings (SSSR count). The number of aromatic amines is 1. The highest BCUT2D eigenvalue weighted by molar-refractivity contribution is 5.86. The van der Waals surface area contributed by atoms with Gasteiger partial charge in [0.1, 0.15) is 11.9 Å². The van der Waals surface area contributed by atoms with Gasteiger partial charge < -0.3 is 9.72 Å². The quantitative estimate of drug-likeness (QED) is 0.714. The van der Waals surface area contributed by atoms with Gasteiger partial charge in [-0.3, -0.25) is 4.90 Å². The summed E-state index contributed by atoms with van der Waals surface area (Å²) in [5, 5.41) is 1.15. The number of aromatic nitrogens is 1. The molecule has 0 saturated heterocycles. The maximum Gasteiger partial charge on any atom is 0.410 e. The van der Waals surface area contributed by atoms with Gasteiger partial charge in [-0.25, -0.2) is 9.18 Å². The van der Waals surface area contributed by atoms with Gasteiger partial charge in [0.2, 0.25) is 0 Å². The molecule has 1 amide bonds. The Bertz CT molecular complexity index is 950. The molecule has 0 radical (unpaired) electrons. The molecule has 2 atom stereocenters. The van der Waals surface area contributed by atoms with Crippen LogP contribution < -0.4 is 0 Å². The predicted octanol–water partition coefficient (Wildman–Crippen LogP) is 4.41. The van der Waals surface area contributed by atoms with Crippen LogP contribution in [-0.2, 0) is 11.2 Å². The van der Waals surface area contributed by atoms with E-state index in [0.717, 1.165) is 28.6 Å². The number of methoxy groups -OCH3 is 1. The number of ether oxygens (including phenoxy) is 1. The number of nitrogens with one attached hydrogen (secondary N) is 1. The average Bonchev–Trinajstić information content (AvgIpc) is 2.98. The number of fused-ring (bicyclic) bond motifs is 3. The molecule has 1 N–H and O–H groups in total. The van der Waals surface area contributed by atoms with Gasteiger partial charge in [-0.2, -0.15) is 0 Å². The highest BCUT2D eigenvalue weighted by atomic mass is 19.1. The SMILES string of the molecule is COC(=O)N1C(C)Cc2c([nH]c3ccccc23)C1c1cccc(F)c1. The predicted molar refractivity (Wildman–Crippen MR) is 94.0 cm³/mol. The smallest absolute Gasteiger partial charge is 0.410 e. The van der Waals surface area contributed by atoms with Crippen molar-refractivity contribution in [3.05, 3.63) is 71.2 Å². The molecule has 2 unspecified atom stereocenters. The Morgan fingerprint density at radius 3 is 2.80 bits per heavy atom. The lowest BCUT2D eigenvalue weighted by Crippen LogP contribution is -2.46. The number of hydrogen-bond acceptors (Lipinski definition) is 2. The Labute approximate surface area is 145 Å². The van der Waals surface area contributed by atoms with E-state index < -0.39 is 12.1 Å². The van der Waals surface area contributed by atoms with Gasteiger partial charge in [-0.15, -0.1) is 0 Å². The lowest BCUT2D eigenvalue weighted by atomic mass is 9.89. The molecule has 3 aromatic rings. The van der Waals surface area contributed by atoms with Crippen LogP contribution in [0.2, 0.25) is 0 Å². The Morgan fingerprint density at radius 1 is 1.24 bits per heavy atom. The number of H-pyrrole nitrogens is 1. The van der Waals surface area contributed by atoms with E-state index in [1.807, 2.05) is 31.2 Å². The highest BCUT2D eigenvalue weighted by Gasteiger charge is 2.39. The lowest BCUT2D eigenvalue weighted by Gasteiger charge is -2.39. The van der Waals surface area contributed by atoms with Gasteiger partial charge in [0.25, 0.3) is 0 Å². The number of amides is 1. The van der Waals surface area contributed by atoms with Gasteiger partial charge in [0.15, 0.2) is 0 Å². The van der Waals surface area contributed by atoms with Crippen LogP contribution in [0.3, 0.4) is 0 Å². The maximum absolute atomic E-state index is 13.9. The van der Waals surface area contributed by atoms with E-state index in [-0.39, 0.29) is 11.9 Å². The van der Waals surface area contributed by atoms with Crippen LogP contribution in [0, 0.1) is 5.82 Å². The average molecular weight is 338 g/mol. The topological polar surface area (TPSA) is 45.3 Å². The second-order valence-corrected chi connectivity index (χ2v) is 6.45. The molecule has 2 heterocycles. The summed E-state index contributed by atoms with van der Waals surface area (Å²) >= 11 is 0. The van der Waals surface area contributed by atoms with E-state index in [2.05, 4.69) is 11.1 Å². The number of para-hydroxylation sites is 1. The molecule has 0 fully saturated rings. The minimum Gasteiger partial charge on any atom is -0.453 e. The van der Waals surface area contributed by atoms with Crippen molar-refractivity contribution in [1.29, 1.82) is 0 Å². The Balaban J connectivity index is 1.96. The number of nitrogens with zero attached hydrogens (tertiary/aromatic N) is 1. The zero-order chi connectivity index (χ0) is 17.6. The molecule has 25 heavy (non-hydrogen) atoms. The first-order valence-corrected chi connectivity index (χ1v) is 8.31. The Morgan fingerprint density at radius 2 is 2.04 bits per heavy atom. The van der Waals surface area contributed by atoms with E-state index in [4.69, 9.17) is 4.74 Å². The third kappa shape index (κ3) is 2.47. The normalized spacial score (nSPS) is 19.7. The van der Waals surface area contributed by atoms with Gasteiger partial charge in [0.05, 0.1) is 7.11 Å². The summed E-state index contributed by atoms with van der Waals surface area (Å²) < 4.78 is 18.9. The molecular weight excluding hydrogens is 319 g/mol. The fourth-order valence-electron chi connectivity index (χ4n) is 3.86. The molecule has 5 heteroatoms. The monoisotopic (exact) mass is 338 g/mol. The van der Waals surface area contributed by atoms with Crippen LogP contribution in [0.25, 0.3) is 10.9 Å². The number of carbonyl (C=O) groups excluding carboxylic acids is 1. The Hall–Kier alpha value is -2.82. The second kappa shape index (κ2) is 5.92. The lowest BCUT2D eigenvalue weighted by molar-refractivity contribution is 0.0877. The van der Waals surface area contributed by atoms with Crippen LogP contribution in [0.1, 0.15) is 29.8 Å². The summed E-state index contributed by atoms with van der Waals surface area (Å²) in [6.07, 6.45) is 0.311. The third-order valence-electron chi connectivity index (χ3n) is 4.92. The van der Waals surface area contributed by atoms with E-state index in [1.165, 1.54) is 24.8 Å². The van der Waals surface area contributed by atoms with Gasteiger partial charge in [0, 0.05) is 22.6 Å². The standard InChI is InChI=1S/C20H19FN2O2/c1-12-10-16-15-8-3-4-9-17(15)22-18(16)19(23(12)20(24)25-2)13-6-5-7-14(21)11-13/h3-9,11-12,19,22H,10H2,1-2H3. The summed E-state index contributed by atoms with van der Waals surface area (Å²) in [5.41, 5.74) is 3.85. The molecule has 128 valence electrons. The van der Waals surface area contributed by atoms with E-state index in [9.17, 15) is 9.18 Å². The second-order valence-electron chi connectivity index (χ2n) is 6.45. The van der Waals surface area contributed by atoms with Crippen LogP contribution >= 0.6 is 0 Å². The van der Waals surface area contributed by atoms with Crippen LogP contribution in [-0.4, -0.2) is 29.1 Å². The van der Waals surface area contributed by atoms with Gasteiger partial charge in [-0.1, -0.05) is 30.3 Å². The van der Waals surface area contributed by atoms with E-state index in [0.29, 0.717) is 0 Å². The van der Waals surface area contributed by atoms with Crippen molar-refractivity contribution in [1.82, 2.24) is 9.88 Å². The Kier molecular flexibility index (Phi) is 3.71. The zero-order valence-electron chi connectivity index (χ0n) is 14.1. The minimum absolute atomic E-state index is 0.0626. The molecule has 4 nitrogen and oxygen atoms in total. The molecular formula is C20H19FN2O2. The first-order chi connectivity index (χ1) is 12.1. The number of hydrogen-bond donors (Lipinski definition) is 1. The van der Waals surface area contributed by atoms with Crippen molar-refractivity contribution in [2.24, 2.45) is 0 Å². The summed E-state index contributed by atoms with van der Waals surface area (Å²) in [7, 11) is 1.37. The summed E-state index contributed by atoms with van der Waals surface area (Å²) in [6, 6.07) is 14.0. The van der Waals surface area contributed by atoms with Crippen LogP contribution in [0.15, 0.2) is 48.5 Å². The molecule has 1 aliphatic rings. The maximum atomic E-state index is 13.9. The number of rotatable bonds is 1. The van der Waals surface area contributed by atoms with Crippen molar-refractivity contribution in [2.45, 2.75) is 25.4 Å². The summed E-state index contributed by atoms with van der Waals surface area (Å²) in [4.78, 5) is 17.6.